The number of rotatable bonds is 2. The average Bonchev–Trinajstić information content (AvgIpc) is 2.77. The molecule has 102 valence electrons. The SMILES string of the molecule is Cc1noc(C)c1-c1ccc2nc(N)nc(NN)c2c1. The maximum atomic E-state index is 5.64. The number of aryl methyl sites for hydroxylation is 2. The first-order valence-electron chi connectivity index (χ1n) is 6.07. The van der Waals surface area contributed by atoms with E-state index in [9.17, 15) is 0 Å². The molecule has 7 nitrogen and oxygen atoms in total. The lowest BCUT2D eigenvalue weighted by Gasteiger charge is -2.07. The Kier molecular flexibility index (Phi) is 2.76. The van der Waals surface area contributed by atoms with Crippen LogP contribution in [0.1, 0.15) is 11.5 Å². The second kappa shape index (κ2) is 4.46. The standard InChI is InChI=1S/C13H14N6O/c1-6-11(7(2)20-19-6)8-3-4-10-9(5-8)12(18-15)17-13(14)16-10/h3-5H,15H2,1-2H3,(H3,14,16,17,18). The fourth-order valence-corrected chi connectivity index (χ4v) is 2.31. The summed E-state index contributed by atoms with van der Waals surface area (Å²) in [5, 5.41) is 4.75. The second-order valence-electron chi connectivity index (χ2n) is 4.51. The fourth-order valence-electron chi connectivity index (χ4n) is 2.31. The van der Waals surface area contributed by atoms with E-state index < -0.39 is 0 Å². The van der Waals surface area contributed by atoms with Crippen molar-refractivity contribution in [3.05, 3.63) is 29.7 Å². The third-order valence-electron chi connectivity index (χ3n) is 3.17. The maximum Gasteiger partial charge on any atom is 0.222 e. The average molecular weight is 270 g/mol. The molecule has 0 atom stereocenters. The smallest absolute Gasteiger partial charge is 0.222 e. The minimum Gasteiger partial charge on any atom is -0.368 e. The molecule has 0 radical (unpaired) electrons. The van der Waals surface area contributed by atoms with E-state index >= 15 is 0 Å². The Morgan fingerprint density at radius 3 is 2.65 bits per heavy atom. The number of hydrazine groups is 1. The molecule has 3 aromatic rings. The van der Waals surface area contributed by atoms with Gasteiger partial charge in [-0.15, -0.1) is 0 Å². The molecule has 0 aliphatic heterocycles. The summed E-state index contributed by atoms with van der Waals surface area (Å²) < 4.78 is 5.20. The molecule has 0 saturated carbocycles. The largest absolute Gasteiger partial charge is 0.368 e. The molecule has 20 heavy (non-hydrogen) atoms. The number of hydrogen-bond acceptors (Lipinski definition) is 7. The number of nitrogen functional groups attached to an aromatic ring is 2. The van der Waals surface area contributed by atoms with Crippen molar-refractivity contribution in [1.29, 1.82) is 0 Å². The van der Waals surface area contributed by atoms with Crippen LogP contribution in [0.2, 0.25) is 0 Å². The molecule has 1 aromatic carbocycles. The zero-order valence-corrected chi connectivity index (χ0v) is 11.1. The van der Waals surface area contributed by atoms with Gasteiger partial charge in [0, 0.05) is 10.9 Å². The number of nitrogens with one attached hydrogen (secondary N) is 1. The van der Waals surface area contributed by atoms with Crippen LogP contribution >= 0.6 is 0 Å². The fraction of sp³-hybridized carbons (Fsp3) is 0.154. The molecule has 0 bridgehead atoms. The molecule has 0 unspecified atom stereocenters. The molecule has 2 aromatic heterocycles. The number of anilines is 2. The van der Waals surface area contributed by atoms with Crippen LogP contribution in [0.5, 0.6) is 0 Å². The van der Waals surface area contributed by atoms with E-state index in [-0.39, 0.29) is 5.95 Å². The van der Waals surface area contributed by atoms with Crippen molar-refractivity contribution < 1.29 is 4.52 Å². The number of nitrogens with zero attached hydrogens (tertiary/aromatic N) is 3. The van der Waals surface area contributed by atoms with Gasteiger partial charge in [-0.05, 0) is 31.5 Å². The zero-order chi connectivity index (χ0) is 14.3. The maximum absolute atomic E-state index is 5.64. The number of aromatic nitrogens is 3. The van der Waals surface area contributed by atoms with Crippen LogP contribution in [-0.4, -0.2) is 15.1 Å². The first-order chi connectivity index (χ1) is 9.60. The van der Waals surface area contributed by atoms with E-state index in [4.69, 9.17) is 16.1 Å². The molecule has 2 heterocycles. The molecule has 0 fully saturated rings. The van der Waals surface area contributed by atoms with Crippen LogP contribution < -0.4 is 17.0 Å². The Morgan fingerprint density at radius 2 is 2.00 bits per heavy atom. The van der Waals surface area contributed by atoms with Gasteiger partial charge in [-0.25, -0.2) is 10.8 Å². The quantitative estimate of drug-likeness (QED) is 0.480. The van der Waals surface area contributed by atoms with Crippen LogP contribution in [0.15, 0.2) is 22.7 Å². The Balaban J connectivity index is 2.28. The predicted octanol–water partition coefficient (Wildman–Crippen LogP) is 1.77. The van der Waals surface area contributed by atoms with Gasteiger partial charge in [-0.2, -0.15) is 4.98 Å². The van der Waals surface area contributed by atoms with Gasteiger partial charge >= 0.3 is 0 Å². The molecule has 0 spiro atoms. The van der Waals surface area contributed by atoms with E-state index in [1.54, 1.807) is 0 Å². The van der Waals surface area contributed by atoms with Gasteiger partial charge in [0.15, 0.2) is 5.82 Å². The first-order valence-corrected chi connectivity index (χ1v) is 6.07. The molecule has 0 saturated heterocycles. The lowest BCUT2D eigenvalue weighted by Crippen LogP contribution is -2.11. The topological polar surface area (TPSA) is 116 Å². The molecule has 5 N–H and O–H groups in total. The molecule has 3 rings (SSSR count). The highest BCUT2D eigenvalue weighted by atomic mass is 16.5. The normalized spacial score (nSPS) is 10.9. The predicted molar refractivity (Wildman–Crippen MR) is 76.7 cm³/mol. The minimum atomic E-state index is 0.176. The molecular formula is C13H14N6O. The van der Waals surface area contributed by atoms with E-state index in [2.05, 4.69) is 20.6 Å². The van der Waals surface area contributed by atoms with Gasteiger partial charge < -0.3 is 15.7 Å². The van der Waals surface area contributed by atoms with Gasteiger partial charge in [0.2, 0.25) is 5.95 Å². The van der Waals surface area contributed by atoms with Crippen molar-refractivity contribution >= 4 is 22.7 Å². The summed E-state index contributed by atoms with van der Waals surface area (Å²) in [5.74, 6) is 6.91. The molecule has 7 heteroatoms. The lowest BCUT2D eigenvalue weighted by atomic mass is 10.0. The van der Waals surface area contributed by atoms with Crippen LogP contribution in [0.25, 0.3) is 22.0 Å². The van der Waals surface area contributed by atoms with Gasteiger partial charge in [0.05, 0.1) is 11.2 Å². The van der Waals surface area contributed by atoms with E-state index in [0.29, 0.717) is 5.82 Å². The van der Waals surface area contributed by atoms with E-state index in [1.807, 2.05) is 32.0 Å². The Hall–Kier alpha value is -2.67. The molecule has 0 amide bonds. The summed E-state index contributed by atoms with van der Waals surface area (Å²) in [7, 11) is 0. The number of fused-ring (bicyclic) bond motifs is 1. The Bertz CT molecular complexity index is 775. The molecular weight excluding hydrogens is 256 g/mol. The highest BCUT2D eigenvalue weighted by Crippen LogP contribution is 2.31. The third kappa shape index (κ3) is 1.84. The summed E-state index contributed by atoms with van der Waals surface area (Å²) >= 11 is 0. The van der Waals surface area contributed by atoms with E-state index in [0.717, 1.165) is 33.5 Å². The van der Waals surface area contributed by atoms with Gasteiger partial charge in [0.1, 0.15) is 5.76 Å². The summed E-state index contributed by atoms with van der Waals surface area (Å²) in [6.07, 6.45) is 0. The van der Waals surface area contributed by atoms with Gasteiger partial charge in [-0.3, -0.25) is 0 Å². The highest BCUT2D eigenvalue weighted by Gasteiger charge is 2.13. The van der Waals surface area contributed by atoms with Gasteiger partial charge in [0.25, 0.3) is 0 Å². The monoisotopic (exact) mass is 270 g/mol. The first kappa shape index (κ1) is 12.4. The van der Waals surface area contributed by atoms with Crippen LogP contribution in [-0.2, 0) is 0 Å². The van der Waals surface area contributed by atoms with Crippen molar-refractivity contribution in [2.75, 3.05) is 11.2 Å². The third-order valence-corrected chi connectivity index (χ3v) is 3.17. The zero-order valence-electron chi connectivity index (χ0n) is 11.1. The summed E-state index contributed by atoms with van der Waals surface area (Å²) in [5.41, 5.74) is 11.7. The number of benzene rings is 1. The Labute approximate surface area is 115 Å². The van der Waals surface area contributed by atoms with Crippen LogP contribution in [0.3, 0.4) is 0 Å². The van der Waals surface area contributed by atoms with Crippen molar-refractivity contribution in [3.63, 3.8) is 0 Å². The van der Waals surface area contributed by atoms with Crippen molar-refractivity contribution in [2.24, 2.45) is 5.84 Å². The summed E-state index contributed by atoms with van der Waals surface area (Å²) in [4.78, 5) is 8.26. The van der Waals surface area contributed by atoms with Crippen LogP contribution in [0.4, 0.5) is 11.8 Å². The van der Waals surface area contributed by atoms with Crippen molar-refractivity contribution in [1.82, 2.24) is 15.1 Å². The molecule has 0 aliphatic rings. The highest BCUT2D eigenvalue weighted by molar-refractivity contribution is 5.93. The van der Waals surface area contributed by atoms with Crippen molar-refractivity contribution in [2.45, 2.75) is 13.8 Å². The number of nitrogens with two attached hydrogens (primary N) is 2. The summed E-state index contributed by atoms with van der Waals surface area (Å²) in [6, 6.07) is 5.76. The molecule has 0 aliphatic carbocycles. The Morgan fingerprint density at radius 1 is 1.20 bits per heavy atom. The second-order valence-corrected chi connectivity index (χ2v) is 4.51. The van der Waals surface area contributed by atoms with Crippen molar-refractivity contribution in [3.8, 4) is 11.1 Å². The van der Waals surface area contributed by atoms with E-state index in [1.165, 1.54) is 0 Å². The van der Waals surface area contributed by atoms with Crippen LogP contribution in [0, 0.1) is 13.8 Å². The lowest BCUT2D eigenvalue weighted by molar-refractivity contribution is 0.393. The minimum absolute atomic E-state index is 0.176. The van der Waals surface area contributed by atoms with Gasteiger partial charge in [-0.1, -0.05) is 11.2 Å². The summed E-state index contributed by atoms with van der Waals surface area (Å²) in [6.45, 7) is 3.78. The number of hydrogen-bond donors (Lipinski definition) is 3.